The smallest absolute Gasteiger partial charge is 0.0214 e. The number of benzene rings is 1. The monoisotopic (exact) mass is 358 g/mol. The summed E-state index contributed by atoms with van der Waals surface area (Å²) in [6.45, 7) is 2.38. The van der Waals surface area contributed by atoms with Gasteiger partial charge in [0.25, 0.3) is 0 Å². The van der Waals surface area contributed by atoms with Crippen LogP contribution in [0.3, 0.4) is 0 Å². The second-order valence-corrected chi connectivity index (χ2v) is 7.46. The molecule has 0 aromatic heterocycles. The van der Waals surface area contributed by atoms with Crippen molar-refractivity contribution >= 4 is 31.9 Å². The molecule has 0 nitrogen and oxygen atoms in total. The largest absolute Gasteiger partial charge is 0.0884 e. The van der Waals surface area contributed by atoms with Crippen LogP contribution in [0.5, 0.6) is 0 Å². The summed E-state index contributed by atoms with van der Waals surface area (Å²) in [6.07, 6.45) is 6.76. The van der Waals surface area contributed by atoms with E-state index in [0.29, 0.717) is 4.83 Å². The lowest BCUT2D eigenvalue weighted by atomic mass is 9.80. The molecule has 1 saturated carbocycles. The maximum Gasteiger partial charge on any atom is 0.0214 e. The Balaban J connectivity index is 1.90. The highest BCUT2D eigenvalue weighted by Crippen LogP contribution is 2.34. The summed E-state index contributed by atoms with van der Waals surface area (Å²) in [5, 5.41) is 0. The van der Waals surface area contributed by atoms with Gasteiger partial charge in [-0.25, -0.2) is 0 Å². The maximum atomic E-state index is 3.91. The van der Waals surface area contributed by atoms with Gasteiger partial charge in [-0.1, -0.05) is 63.8 Å². The van der Waals surface area contributed by atoms with Crippen LogP contribution in [0.15, 0.2) is 28.7 Å². The van der Waals surface area contributed by atoms with Crippen LogP contribution in [-0.4, -0.2) is 4.83 Å². The molecule has 1 aromatic rings. The first-order valence-electron chi connectivity index (χ1n) is 6.53. The molecule has 0 amide bonds. The summed E-state index contributed by atoms with van der Waals surface area (Å²) in [5.74, 6) is 1.81. The van der Waals surface area contributed by atoms with Crippen LogP contribution in [0.2, 0.25) is 0 Å². The number of rotatable bonds is 3. The van der Waals surface area contributed by atoms with Crippen LogP contribution in [0.4, 0.5) is 0 Å². The second kappa shape index (κ2) is 6.38. The van der Waals surface area contributed by atoms with Gasteiger partial charge in [0.1, 0.15) is 0 Å². The van der Waals surface area contributed by atoms with Gasteiger partial charge in [0.15, 0.2) is 0 Å². The Morgan fingerprint density at radius 3 is 2.59 bits per heavy atom. The van der Waals surface area contributed by atoms with Crippen molar-refractivity contribution in [2.45, 2.75) is 43.9 Å². The molecule has 0 spiro atoms. The topological polar surface area (TPSA) is 0 Å². The molecule has 1 aliphatic carbocycles. The third-order valence-corrected chi connectivity index (χ3v) is 5.46. The van der Waals surface area contributed by atoms with E-state index < -0.39 is 0 Å². The summed E-state index contributed by atoms with van der Waals surface area (Å²) in [7, 11) is 0. The van der Waals surface area contributed by atoms with Gasteiger partial charge in [0, 0.05) is 9.30 Å². The molecular weight excluding hydrogens is 340 g/mol. The van der Waals surface area contributed by atoms with E-state index in [1.165, 1.54) is 35.7 Å². The van der Waals surface area contributed by atoms with Crippen molar-refractivity contribution in [3.8, 4) is 0 Å². The fraction of sp³-hybridized carbons (Fsp3) is 0.600. The van der Waals surface area contributed by atoms with Crippen molar-refractivity contribution in [3.63, 3.8) is 0 Å². The number of alkyl halides is 1. The van der Waals surface area contributed by atoms with Gasteiger partial charge in [0.2, 0.25) is 0 Å². The Morgan fingerprint density at radius 1 is 1.24 bits per heavy atom. The van der Waals surface area contributed by atoms with Gasteiger partial charge in [-0.2, -0.15) is 0 Å². The van der Waals surface area contributed by atoms with E-state index in [4.69, 9.17) is 0 Å². The SMILES string of the molecule is CC1CCC(C(Br)Cc2cccc(Br)c2)CC1. The summed E-state index contributed by atoms with van der Waals surface area (Å²) in [5.41, 5.74) is 1.43. The third-order valence-electron chi connectivity index (χ3n) is 3.89. The highest BCUT2D eigenvalue weighted by molar-refractivity contribution is 9.10. The first-order valence-corrected chi connectivity index (χ1v) is 8.24. The Morgan fingerprint density at radius 2 is 1.94 bits per heavy atom. The minimum absolute atomic E-state index is 0.643. The Labute approximate surface area is 121 Å². The van der Waals surface area contributed by atoms with E-state index in [0.717, 1.165) is 18.3 Å². The first-order chi connectivity index (χ1) is 8.15. The lowest BCUT2D eigenvalue weighted by Crippen LogP contribution is -2.22. The van der Waals surface area contributed by atoms with Gasteiger partial charge >= 0.3 is 0 Å². The molecule has 2 heteroatoms. The van der Waals surface area contributed by atoms with Crippen molar-refractivity contribution in [1.82, 2.24) is 0 Å². The molecule has 0 heterocycles. The van der Waals surface area contributed by atoms with E-state index in [2.05, 4.69) is 63.0 Å². The van der Waals surface area contributed by atoms with E-state index in [9.17, 15) is 0 Å². The Hall–Kier alpha value is 0.180. The summed E-state index contributed by atoms with van der Waals surface area (Å²) < 4.78 is 1.19. The highest BCUT2D eigenvalue weighted by atomic mass is 79.9. The molecule has 1 unspecified atom stereocenters. The summed E-state index contributed by atoms with van der Waals surface area (Å²) in [4.78, 5) is 0.643. The van der Waals surface area contributed by atoms with Crippen LogP contribution in [0.25, 0.3) is 0 Å². The van der Waals surface area contributed by atoms with E-state index in [1.807, 2.05) is 0 Å². The first kappa shape index (κ1) is 13.6. The zero-order valence-electron chi connectivity index (χ0n) is 10.3. The van der Waals surface area contributed by atoms with Crippen LogP contribution >= 0.6 is 31.9 Å². The lowest BCUT2D eigenvalue weighted by molar-refractivity contribution is 0.285. The zero-order chi connectivity index (χ0) is 12.3. The zero-order valence-corrected chi connectivity index (χ0v) is 13.5. The molecule has 0 saturated heterocycles. The minimum Gasteiger partial charge on any atom is -0.0884 e. The van der Waals surface area contributed by atoms with Crippen LogP contribution in [0, 0.1) is 11.8 Å². The second-order valence-electron chi connectivity index (χ2n) is 5.37. The van der Waals surface area contributed by atoms with E-state index in [-0.39, 0.29) is 0 Å². The Bertz CT molecular complexity index is 354. The van der Waals surface area contributed by atoms with Crippen molar-refractivity contribution in [3.05, 3.63) is 34.3 Å². The van der Waals surface area contributed by atoms with Crippen LogP contribution in [0.1, 0.15) is 38.2 Å². The van der Waals surface area contributed by atoms with Gasteiger partial charge in [-0.15, -0.1) is 0 Å². The van der Waals surface area contributed by atoms with Crippen molar-refractivity contribution in [2.24, 2.45) is 11.8 Å². The minimum atomic E-state index is 0.643. The van der Waals surface area contributed by atoms with E-state index in [1.54, 1.807) is 0 Å². The number of hydrogen-bond acceptors (Lipinski definition) is 0. The fourth-order valence-electron chi connectivity index (χ4n) is 2.70. The van der Waals surface area contributed by atoms with Crippen molar-refractivity contribution in [1.29, 1.82) is 0 Å². The van der Waals surface area contributed by atoms with Crippen LogP contribution in [-0.2, 0) is 6.42 Å². The standard InChI is InChI=1S/C15H20Br2/c1-11-5-7-13(8-6-11)15(17)10-12-3-2-4-14(16)9-12/h2-4,9,11,13,15H,5-8,10H2,1H3. The molecule has 0 bridgehead atoms. The molecule has 1 atom stereocenters. The molecule has 2 rings (SSSR count). The molecule has 0 N–H and O–H groups in total. The van der Waals surface area contributed by atoms with Crippen molar-refractivity contribution in [2.75, 3.05) is 0 Å². The third kappa shape index (κ3) is 4.10. The molecule has 1 aliphatic rings. The van der Waals surface area contributed by atoms with Gasteiger partial charge in [0.05, 0.1) is 0 Å². The molecule has 17 heavy (non-hydrogen) atoms. The number of hydrogen-bond donors (Lipinski definition) is 0. The predicted molar refractivity (Wildman–Crippen MR) is 81.7 cm³/mol. The van der Waals surface area contributed by atoms with E-state index >= 15 is 0 Å². The average Bonchev–Trinajstić information content (AvgIpc) is 2.29. The van der Waals surface area contributed by atoms with Gasteiger partial charge < -0.3 is 0 Å². The average molecular weight is 360 g/mol. The Kier molecular flexibility index (Phi) is 5.10. The lowest BCUT2D eigenvalue weighted by Gasteiger charge is -2.29. The van der Waals surface area contributed by atoms with Crippen molar-refractivity contribution < 1.29 is 0 Å². The summed E-state index contributed by atoms with van der Waals surface area (Å²) >= 11 is 7.45. The molecule has 1 fully saturated rings. The highest BCUT2D eigenvalue weighted by Gasteiger charge is 2.24. The quantitative estimate of drug-likeness (QED) is 0.618. The summed E-state index contributed by atoms with van der Waals surface area (Å²) in [6, 6.07) is 8.68. The molecule has 94 valence electrons. The molecule has 0 aliphatic heterocycles. The molecular formula is C15H20Br2. The maximum absolute atomic E-state index is 3.91. The van der Waals surface area contributed by atoms with Gasteiger partial charge in [-0.05, 0) is 48.8 Å². The normalized spacial score (nSPS) is 26.8. The van der Waals surface area contributed by atoms with Crippen LogP contribution < -0.4 is 0 Å². The van der Waals surface area contributed by atoms with Gasteiger partial charge in [-0.3, -0.25) is 0 Å². The fourth-order valence-corrected chi connectivity index (χ4v) is 4.05. The number of halogens is 2. The molecule has 0 radical (unpaired) electrons. The predicted octanol–water partition coefficient (Wildman–Crippen LogP) is 5.58. The molecule has 1 aromatic carbocycles.